The van der Waals surface area contributed by atoms with Gasteiger partial charge < -0.3 is 25.7 Å². The quantitative estimate of drug-likeness (QED) is 0.561. The van der Waals surface area contributed by atoms with Crippen molar-refractivity contribution in [1.82, 2.24) is 10.2 Å². The highest BCUT2D eigenvalue weighted by Crippen LogP contribution is 2.37. The predicted molar refractivity (Wildman–Crippen MR) is 41.9 cm³/mol. The maximum Gasteiger partial charge on any atom is 0.409 e. The molecule has 80 valence electrons. The van der Waals surface area contributed by atoms with Crippen molar-refractivity contribution in [2.45, 2.75) is 0 Å². The van der Waals surface area contributed by atoms with Crippen molar-refractivity contribution in [1.29, 1.82) is 0 Å². The minimum Gasteiger partial charge on any atom is -0.358 e. The van der Waals surface area contributed by atoms with Crippen LogP contribution in [0.5, 0.6) is 0 Å². The van der Waals surface area contributed by atoms with E-state index in [1.54, 1.807) is 5.10 Å². The number of aromatic nitrogens is 2. The molecule has 0 aliphatic rings. The Labute approximate surface area is 79.3 Å². The number of hydrogen-bond donors (Lipinski definition) is 1. The summed E-state index contributed by atoms with van der Waals surface area (Å²) in [5.74, 6) is -2.07. The second kappa shape index (κ2) is 3.52. The summed E-state index contributed by atoms with van der Waals surface area (Å²) in [4.78, 5) is 28.3. The molecule has 12 heteroatoms. The molecule has 1 heterocycles. The number of rotatable bonds is 4. The largest absolute Gasteiger partial charge is 0.409 e. The monoisotopic (exact) mass is 217 g/mol. The van der Waals surface area contributed by atoms with Crippen molar-refractivity contribution in [3.8, 4) is 0 Å². The molecule has 0 amide bonds. The molecule has 15 heavy (non-hydrogen) atoms. The van der Waals surface area contributed by atoms with E-state index in [9.17, 15) is 30.3 Å². The normalized spacial score (nSPS) is 9.60. The molecule has 0 bridgehead atoms. The van der Waals surface area contributed by atoms with Gasteiger partial charge in [-0.3, -0.25) is 10.1 Å². The summed E-state index contributed by atoms with van der Waals surface area (Å²) in [7, 11) is 0. The zero-order valence-electron chi connectivity index (χ0n) is 6.69. The molecule has 0 radical (unpaired) electrons. The average Bonchev–Trinajstić information content (AvgIpc) is 2.46. The van der Waals surface area contributed by atoms with Gasteiger partial charge in [0.2, 0.25) is 0 Å². The molecule has 1 N–H and O–H groups in total. The minimum absolute atomic E-state index is 1.00. The van der Waals surface area contributed by atoms with E-state index in [2.05, 4.69) is 10.5 Å². The van der Waals surface area contributed by atoms with Gasteiger partial charge in [-0.25, -0.2) is 0 Å². The van der Waals surface area contributed by atoms with Crippen LogP contribution < -0.4 is 0 Å². The molecule has 0 atom stereocenters. The van der Waals surface area contributed by atoms with Crippen molar-refractivity contribution in [2.24, 2.45) is 0 Å². The highest BCUT2D eigenvalue weighted by atomic mass is 16.7. The summed E-state index contributed by atoms with van der Waals surface area (Å²) in [5.41, 5.74) is 1.49. The van der Waals surface area contributed by atoms with Gasteiger partial charge in [0.1, 0.15) is 10.8 Å². The molecule has 1 rings (SSSR count). The molecule has 0 aromatic carbocycles. The summed E-state index contributed by atoms with van der Waals surface area (Å²) in [5, 5.41) is 33.8. The maximum absolute atomic E-state index is 10.3. The molecule has 0 aliphatic carbocycles. The molecule has 12 nitrogen and oxygen atoms in total. The van der Waals surface area contributed by atoms with Gasteiger partial charge in [-0.1, -0.05) is 0 Å². The second-order valence-corrected chi connectivity index (χ2v) is 2.10. The van der Waals surface area contributed by atoms with E-state index in [1.807, 2.05) is 0 Å². The van der Waals surface area contributed by atoms with Crippen molar-refractivity contribution >= 4 is 17.3 Å². The first kappa shape index (κ1) is 10.3. The van der Waals surface area contributed by atoms with Crippen LogP contribution in [0.25, 0.3) is 5.43 Å². The second-order valence-electron chi connectivity index (χ2n) is 2.10. The summed E-state index contributed by atoms with van der Waals surface area (Å²) in [6, 6.07) is 0. The zero-order chi connectivity index (χ0) is 11.6. The fraction of sp³-hybridized carbons (Fsp3) is 0. The number of nitrogens with zero attached hydrogens (tertiary/aromatic N) is 5. The third kappa shape index (κ3) is 1.93. The van der Waals surface area contributed by atoms with E-state index in [0.29, 0.717) is 0 Å². The van der Waals surface area contributed by atoms with E-state index in [-0.39, 0.29) is 0 Å². The number of H-pyrrole nitrogens is 1. The maximum atomic E-state index is 10.3. The number of nitrogens with one attached hydrogen (secondary N) is 1. The van der Waals surface area contributed by atoms with E-state index < -0.39 is 32.2 Å². The lowest BCUT2D eigenvalue weighted by molar-refractivity contribution is -0.425. The van der Waals surface area contributed by atoms with Crippen LogP contribution >= 0.6 is 0 Å². The van der Waals surface area contributed by atoms with Gasteiger partial charge in [0.05, 0.1) is 0 Å². The van der Waals surface area contributed by atoms with E-state index >= 15 is 0 Å². The Kier molecular flexibility index (Phi) is 2.42. The third-order valence-electron chi connectivity index (χ3n) is 1.24. The molecule has 0 aliphatic heterocycles. The number of hydrogen-bond acceptors (Lipinski definition) is 7. The minimum atomic E-state index is -1.29. The highest BCUT2D eigenvalue weighted by molar-refractivity contribution is 5.69. The van der Waals surface area contributed by atoms with E-state index in [1.165, 1.54) is 0 Å². The molecular formula is C3HN6O6-. The predicted octanol–water partition coefficient (Wildman–Crippen LogP) is 0.423. The molecule has 1 aromatic heterocycles. The first-order valence-corrected chi connectivity index (χ1v) is 3.16. The lowest BCUT2D eigenvalue weighted by atomic mass is 10.5. The standard InChI is InChI=1S/C3HN6O6/c10-7(11)2-1(6-9(14)15)3(5-4-2)8(12)13/h(H,4,5)/q-1. The van der Waals surface area contributed by atoms with Crippen LogP contribution in [0.1, 0.15) is 0 Å². The van der Waals surface area contributed by atoms with Crippen molar-refractivity contribution in [2.75, 3.05) is 0 Å². The highest BCUT2D eigenvalue weighted by Gasteiger charge is 2.27. The van der Waals surface area contributed by atoms with Gasteiger partial charge in [0.15, 0.2) is 0 Å². The smallest absolute Gasteiger partial charge is 0.358 e. The number of nitro groups is 3. The van der Waals surface area contributed by atoms with Gasteiger partial charge in [0.25, 0.3) is 0 Å². The van der Waals surface area contributed by atoms with Crippen LogP contribution in [-0.2, 0) is 0 Å². The summed E-state index contributed by atoms with van der Waals surface area (Å²) < 4.78 is 0. The van der Waals surface area contributed by atoms with Crippen LogP contribution in [0.4, 0.5) is 17.3 Å². The topological polar surface area (TPSA) is 172 Å². The SMILES string of the molecule is O=[N+]([O-])[N-]c1c([N+](=O)[O-])n[nH]c1[N+](=O)[O-]. The summed E-state index contributed by atoms with van der Waals surface area (Å²) in [6.45, 7) is 0. The Morgan fingerprint density at radius 2 is 1.73 bits per heavy atom. The number of aromatic amines is 1. The van der Waals surface area contributed by atoms with Crippen molar-refractivity contribution in [3.63, 3.8) is 0 Å². The van der Waals surface area contributed by atoms with Crippen LogP contribution in [0, 0.1) is 30.3 Å². The van der Waals surface area contributed by atoms with Crippen LogP contribution in [0.3, 0.4) is 0 Å². The van der Waals surface area contributed by atoms with E-state index in [4.69, 9.17) is 0 Å². The van der Waals surface area contributed by atoms with Gasteiger partial charge in [0, 0.05) is 0 Å². The first-order valence-electron chi connectivity index (χ1n) is 3.16. The van der Waals surface area contributed by atoms with Crippen molar-refractivity contribution in [3.05, 3.63) is 35.8 Å². The van der Waals surface area contributed by atoms with Gasteiger partial charge in [-0.05, 0) is 20.0 Å². The Bertz CT molecular complexity index is 405. The molecule has 0 fully saturated rings. The van der Waals surface area contributed by atoms with Crippen LogP contribution in [0.15, 0.2) is 0 Å². The lowest BCUT2D eigenvalue weighted by Crippen LogP contribution is -1.94. The Morgan fingerprint density at radius 3 is 2.13 bits per heavy atom. The first-order chi connectivity index (χ1) is 6.93. The fourth-order valence-corrected chi connectivity index (χ4v) is 0.746. The Hall–Kier alpha value is -2.79. The molecule has 0 unspecified atom stereocenters. The summed E-state index contributed by atoms with van der Waals surface area (Å²) in [6.07, 6.45) is 0. The molecule has 0 saturated heterocycles. The lowest BCUT2D eigenvalue weighted by Gasteiger charge is -2.04. The van der Waals surface area contributed by atoms with Gasteiger partial charge in [-0.2, -0.15) is 0 Å². The van der Waals surface area contributed by atoms with E-state index in [0.717, 1.165) is 0 Å². The fourth-order valence-electron chi connectivity index (χ4n) is 0.746. The van der Waals surface area contributed by atoms with Crippen LogP contribution in [0.2, 0.25) is 0 Å². The third-order valence-corrected chi connectivity index (χ3v) is 1.24. The van der Waals surface area contributed by atoms with Gasteiger partial charge in [-0.15, -0.1) is 0 Å². The Morgan fingerprint density at radius 1 is 1.13 bits per heavy atom. The molecule has 1 aromatic rings. The molecule has 0 saturated carbocycles. The van der Waals surface area contributed by atoms with Gasteiger partial charge >= 0.3 is 11.6 Å². The molecular weight excluding hydrogens is 216 g/mol. The molecule has 0 spiro atoms. The zero-order valence-corrected chi connectivity index (χ0v) is 6.69. The average molecular weight is 217 g/mol. The van der Waals surface area contributed by atoms with Crippen molar-refractivity contribution < 1.29 is 14.9 Å². The summed E-state index contributed by atoms with van der Waals surface area (Å²) >= 11 is 0. The Balaban J connectivity index is 3.26. The van der Waals surface area contributed by atoms with Crippen LogP contribution in [-0.4, -0.2) is 25.1 Å².